The summed E-state index contributed by atoms with van der Waals surface area (Å²) in [5.74, 6) is 0.0873. The van der Waals surface area contributed by atoms with Crippen LogP contribution in [0.25, 0.3) is 0 Å². The van der Waals surface area contributed by atoms with Gasteiger partial charge in [-0.15, -0.1) is 0 Å². The van der Waals surface area contributed by atoms with Crippen LogP contribution in [0.2, 0.25) is 0 Å². The molecular weight excluding hydrogens is 318 g/mol. The molecule has 0 aliphatic rings. The van der Waals surface area contributed by atoms with E-state index in [9.17, 15) is 5.11 Å². The highest BCUT2D eigenvalue weighted by atomic mass is 16.3. The van der Waals surface area contributed by atoms with Crippen LogP contribution in [0.1, 0.15) is 63.5 Å². The van der Waals surface area contributed by atoms with E-state index in [0.717, 1.165) is 31.4 Å². The molecule has 2 N–H and O–H groups in total. The molecule has 1 aromatic rings. The first kappa shape index (κ1) is 22.2. The Kier molecular flexibility index (Phi) is 11.5. The minimum atomic E-state index is 0.0873. The number of aliphatic hydroxyl groups is 1. The Morgan fingerprint density at radius 2 is 1.73 bits per heavy atom. The zero-order valence-corrected chi connectivity index (χ0v) is 16.8. The van der Waals surface area contributed by atoms with E-state index in [1.807, 2.05) is 0 Å². The summed E-state index contributed by atoms with van der Waals surface area (Å²) in [4.78, 5) is 0. The van der Waals surface area contributed by atoms with Crippen molar-refractivity contribution in [1.29, 1.82) is 0 Å². The average Bonchev–Trinajstić information content (AvgIpc) is 2.62. The maximum Gasteiger partial charge on any atom is 0.108 e. The number of benzene rings is 1. The lowest BCUT2D eigenvalue weighted by atomic mass is 10.0. The van der Waals surface area contributed by atoms with E-state index in [-0.39, 0.29) is 5.76 Å². The third-order valence-corrected chi connectivity index (χ3v) is 4.72. The predicted molar refractivity (Wildman–Crippen MR) is 115 cm³/mol. The molecule has 2 heteroatoms. The van der Waals surface area contributed by atoms with E-state index in [2.05, 4.69) is 56.6 Å². The molecule has 0 spiro atoms. The summed E-state index contributed by atoms with van der Waals surface area (Å²) >= 11 is 0. The fraction of sp³-hybridized carbons (Fsp3) is 0.500. The molecule has 0 heterocycles. The quantitative estimate of drug-likeness (QED) is 0.233. The monoisotopic (exact) mass is 355 g/mol. The van der Waals surface area contributed by atoms with Gasteiger partial charge in [-0.3, -0.25) is 0 Å². The summed E-state index contributed by atoms with van der Waals surface area (Å²) in [5, 5.41) is 12.8. The van der Waals surface area contributed by atoms with E-state index >= 15 is 0 Å². The van der Waals surface area contributed by atoms with Crippen LogP contribution >= 0.6 is 0 Å². The zero-order chi connectivity index (χ0) is 19.2. The van der Waals surface area contributed by atoms with Crippen molar-refractivity contribution >= 4 is 0 Å². The van der Waals surface area contributed by atoms with E-state index in [4.69, 9.17) is 0 Å². The fourth-order valence-corrected chi connectivity index (χ4v) is 3.08. The molecule has 0 saturated heterocycles. The molecule has 26 heavy (non-hydrogen) atoms. The molecule has 0 radical (unpaired) electrons. The van der Waals surface area contributed by atoms with Crippen molar-refractivity contribution in [3.05, 3.63) is 72.0 Å². The van der Waals surface area contributed by atoms with Crippen molar-refractivity contribution in [3.63, 3.8) is 0 Å². The second-order valence-corrected chi connectivity index (χ2v) is 7.19. The minimum absolute atomic E-state index is 0.0873. The lowest BCUT2D eigenvalue weighted by Crippen LogP contribution is -2.27. The van der Waals surface area contributed by atoms with Gasteiger partial charge in [0.15, 0.2) is 0 Å². The van der Waals surface area contributed by atoms with E-state index in [1.165, 1.54) is 43.2 Å². The highest BCUT2D eigenvalue weighted by molar-refractivity contribution is 5.24. The Hall–Kier alpha value is -1.80. The molecule has 2 nitrogen and oxygen atoms in total. The second kappa shape index (κ2) is 13.4. The predicted octanol–water partition coefficient (Wildman–Crippen LogP) is 6.29. The Balaban J connectivity index is 2.21. The summed E-state index contributed by atoms with van der Waals surface area (Å²) < 4.78 is 0. The van der Waals surface area contributed by atoms with Crippen LogP contribution in [0, 0.1) is 0 Å². The number of unbranched alkanes of at least 4 members (excludes halogenated alkanes) is 2. The fourth-order valence-electron chi connectivity index (χ4n) is 3.08. The van der Waals surface area contributed by atoms with Crippen LogP contribution in [-0.4, -0.2) is 17.7 Å². The summed E-state index contributed by atoms with van der Waals surface area (Å²) in [6.45, 7) is 12.6. The molecule has 0 amide bonds. The van der Waals surface area contributed by atoms with Crippen molar-refractivity contribution in [2.24, 2.45) is 0 Å². The number of aliphatic hydroxyl groups excluding tert-OH is 1. The van der Waals surface area contributed by atoms with Gasteiger partial charge in [0.05, 0.1) is 0 Å². The largest absolute Gasteiger partial charge is 0.509 e. The molecule has 0 aliphatic heterocycles. The lowest BCUT2D eigenvalue weighted by Gasteiger charge is -2.14. The molecule has 0 bridgehead atoms. The third kappa shape index (κ3) is 10.2. The summed E-state index contributed by atoms with van der Waals surface area (Å²) in [7, 11) is 0. The Labute approximate surface area is 160 Å². The van der Waals surface area contributed by atoms with Crippen molar-refractivity contribution in [2.45, 2.75) is 71.3 Å². The molecule has 0 aromatic heterocycles. The van der Waals surface area contributed by atoms with Gasteiger partial charge in [-0.05, 0) is 74.8 Å². The van der Waals surface area contributed by atoms with Gasteiger partial charge in [-0.1, -0.05) is 63.3 Å². The zero-order valence-electron chi connectivity index (χ0n) is 16.8. The van der Waals surface area contributed by atoms with Crippen molar-refractivity contribution in [1.82, 2.24) is 5.32 Å². The maximum absolute atomic E-state index is 9.22. The summed E-state index contributed by atoms with van der Waals surface area (Å²) in [5.41, 5.74) is 3.92. The van der Waals surface area contributed by atoms with Crippen LogP contribution in [0.5, 0.6) is 0 Å². The second-order valence-electron chi connectivity index (χ2n) is 7.19. The van der Waals surface area contributed by atoms with Gasteiger partial charge < -0.3 is 10.4 Å². The molecule has 1 atom stereocenters. The van der Waals surface area contributed by atoms with Crippen LogP contribution < -0.4 is 5.32 Å². The average molecular weight is 356 g/mol. The molecule has 0 saturated carbocycles. The molecule has 1 rings (SSSR count). The van der Waals surface area contributed by atoms with Crippen LogP contribution in [0.15, 0.2) is 60.9 Å². The highest BCUT2D eigenvalue weighted by Gasteiger charge is 2.03. The Morgan fingerprint density at radius 3 is 2.27 bits per heavy atom. The first-order valence-electron chi connectivity index (χ1n) is 10.1. The number of hydrogen-bond donors (Lipinski definition) is 2. The summed E-state index contributed by atoms with van der Waals surface area (Å²) in [6, 6.07) is 9.67. The van der Waals surface area contributed by atoms with Crippen LogP contribution in [-0.2, 0) is 12.8 Å². The van der Waals surface area contributed by atoms with E-state index in [0.29, 0.717) is 6.04 Å². The maximum atomic E-state index is 9.22. The molecule has 1 aromatic carbocycles. The van der Waals surface area contributed by atoms with Gasteiger partial charge >= 0.3 is 0 Å². The lowest BCUT2D eigenvalue weighted by molar-refractivity contribution is 0.434. The molecular formula is C24H37NO. The Morgan fingerprint density at radius 1 is 1.12 bits per heavy atom. The number of nitrogens with one attached hydrogen (secondary N) is 1. The molecule has 1 unspecified atom stereocenters. The SMILES string of the molecule is C=C/C(=C\C(=C)O)CCNC(C)CCCc1ccc(CCCCC)cc1. The van der Waals surface area contributed by atoms with Crippen LogP contribution in [0.4, 0.5) is 0 Å². The summed E-state index contributed by atoms with van der Waals surface area (Å²) in [6.07, 6.45) is 12.9. The number of aryl methyl sites for hydroxylation is 2. The van der Waals surface area contributed by atoms with Crippen LogP contribution in [0.3, 0.4) is 0 Å². The number of rotatable bonds is 14. The van der Waals surface area contributed by atoms with Crippen molar-refractivity contribution in [3.8, 4) is 0 Å². The first-order chi connectivity index (χ1) is 12.5. The van der Waals surface area contributed by atoms with Crippen molar-refractivity contribution < 1.29 is 5.11 Å². The third-order valence-electron chi connectivity index (χ3n) is 4.72. The van der Waals surface area contributed by atoms with Gasteiger partial charge in [0.2, 0.25) is 0 Å². The highest BCUT2D eigenvalue weighted by Crippen LogP contribution is 2.12. The first-order valence-corrected chi connectivity index (χ1v) is 10.1. The van der Waals surface area contributed by atoms with Gasteiger partial charge in [0.1, 0.15) is 5.76 Å². The minimum Gasteiger partial charge on any atom is -0.509 e. The van der Waals surface area contributed by atoms with Gasteiger partial charge in [0, 0.05) is 6.04 Å². The molecule has 0 aliphatic carbocycles. The number of allylic oxidation sites excluding steroid dienone is 2. The van der Waals surface area contributed by atoms with Gasteiger partial charge in [-0.2, -0.15) is 0 Å². The van der Waals surface area contributed by atoms with E-state index < -0.39 is 0 Å². The smallest absolute Gasteiger partial charge is 0.108 e. The molecule has 144 valence electrons. The Bertz CT molecular complexity index is 556. The van der Waals surface area contributed by atoms with Gasteiger partial charge in [0.25, 0.3) is 0 Å². The topological polar surface area (TPSA) is 32.3 Å². The molecule has 0 fully saturated rings. The number of hydrogen-bond acceptors (Lipinski definition) is 2. The standard InChI is InChI=1S/C24H37NO/c1-5-7-8-11-23-13-15-24(16-14-23)12-9-10-20(3)25-18-17-22(6-2)19-21(4)26/h6,13-16,19-20,25-26H,2,4-5,7-12,17-18H2,1,3H3/b22-19+. The normalized spacial score (nSPS) is 12.8. The van der Waals surface area contributed by atoms with E-state index in [1.54, 1.807) is 12.2 Å². The van der Waals surface area contributed by atoms with Gasteiger partial charge in [-0.25, -0.2) is 0 Å². The van der Waals surface area contributed by atoms with Crippen molar-refractivity contribution in [2.75, 3.05) is 6.54 Å².